The molecular formula is C19H25N3O4. The van der Waals surface area contributed by atoms with E-state index >= 15 is 0 Å². The number of nitrogens with one attached hydrogen (secondary N) is 1. The van der Waals surface area contributed by atoms with Crippen molar-refractivity contribution in [3.8, 4) is 0 Å². The fraction of sp³-hybridized carbons (Fsp3) is 0.526. The lowest BCUT2D eigenvalue weighted by Gasteiger charge is -2.32. The Morgan fingerprint density at radius 2 is 2.04 bits per heavy atom. The fourth-order valence-electron chi connectivity index (χ4n) is 3.35. The van der Waals surface area contributed by atoms with Gasteiger partial charge < -0.3 is 15.2 Å². The zero-order valence-corrected chi connectivity index (χ0v) is 15.1. The second-order valence-corrected chi connectivity index (χ2v) is 7.13. The van der Waals surface area contributed by atoms with Gasteiger partial charge in [-0.25, -0.2) is 4.79 Å². The van der Waals surface area contributed by atoms with Crippen LogP contribution in [0.25, 0.3) is 0 Å². The molecule has 0 spiro atoms. The molecular weight excluding hydrogens is 334 g/mol. The summed E-state index contributed by atoms with van der Waals surface area (Å²) >= 11 is 0. The Labute approximate surface area is 153 Å². The summed E-state index contributed by atoms with van der Waals surface area (Å²) in [5.41, 5.74) is 0.919. The minimum Gasteiger partial charge on any atom is -0.480 e. The number of carbonyl (C=O) groups is 2. The third kappa shape index (κ3) is 4.04. The van der Waals surface area contributed by atoms with Crippen molar-refractivity contribution in [2.75, 3.05) is 11.6 Å². The molecule has 3 unspecified atom stereocenters. The minimum absolute atomic E-state index is 0.0282. The maximum absolute atomic E-state index is 12.6. The van der Waals surface area contributed by atoms with Gasteiger partial charge in [-0.05, 0) is 30.9 Å². The molecule has 3 rings (SSSR count). The van der Waals surface area contributed by atoms with Crippen molar-refractivity contribution in [2.45, 2.75) is 51.3 Å². The fourth-order valence-corrected chi connectivity index (χ4v) is 3.35. The molecule has 0 aliphatic carbocycles. The van der Waals surface area contributed by atoms with E-state index in [-0.39, 0.29) is 30.2 Å². The molecule has 2 aliphatic heterocycles. The largest absolute Gasteiger partial charge is 0.480 e. The van der Waals surface area contributed by atoms with Crippen LogP contribution in [0.5, 0.6) is 0 Å². The standard InChI is InChI=1S/C19H25N3O4/c1-12(2)17-10-13(8-9-26-17)20-18(23)15-11-16(19(24)25)22(21-15)14-6-4-3-5-7-14/h3-7,12-13,16-17H,8-11H2,1-2H3,(H,20,23)(H,24,25). The monoisotopic (exact) mass is 359 g/mol. The molecule has 26 heavy (non-hydrogen) atoms. The number of anilines is 1. The molecule has 1 aromatic carbocycles. The van der Waals surface area contributed by atoms with Crippen molar-refractivity contribution in [3.63, 3.8) is 0 Å². The van der Waals surface area contributed by atoms with Crippen molar-refractivity contribution in [1.29, 1.82) is 0 Å². The van der Waals surface area contributed by atoms with Gasteiger partial charge in [-0.15, -0.1) is 0 Å². The number of ether oxygens (including phenoxy) is 1. The first kappa shape index (κ1) is 18.4. The topological polar surface area (TPSA) is 91.2 Å². The molecule has 1 saturated heterocycles. The van der Waals surface area contributed by atoms with Crippen molar-refractivity contribution in [2.24, 2.45) is 11.0 Å². The Morgan fingerprint density at radius 1 is 1.31 bits per heavy atom. The number of carboxylic acids is 1. The molecule has 0 radical (unpaired) electrons. The highest BCUT2D eigenvalue weighted by Crippen LogP contribution is 2.25. The molecule has 1 aromatic rings. The third-order valence-corrected chi connectivity index (χ3v) is 4.87. The molecule has 2 N–H and O–H groups in total. The highest BCUT2D eigenvalue weighted by atomic mass is 16.5. The number of hydrazone groups is 1. The molecule has 1 fully saturated rings. The predicted octanol–water partition coefficient (Wildman–Crippen LogP) is 2.03. The summed E-state index contributed by atoms with van der Waals surface area (Å²) in [4.78, 5) is 24.2. The number of hydrogen-bond donors (Lipinski definition) is 2. The zero-order chi connectivity index (χ0) is 18.7. The number of aliphatic carboxylic acids is 1. The number of carbonyl (C=O) groups excluding carboxylic acids is 1. The van der Waals surface area contributed by atoms with Gasteiger partial charge in [-0.3, -0.25) is 9.80 Å². The van der Waals surface area contributed by atoms with Crippen LogP contribution in [-0.4, -0.2) is 47.5 Å². The molecule has 140 valence electrons. The van der Waals surface area contributed by atoms with Gasteiger partial charge >= 0.3 is 5.97 Å². The van der Waals surface area contributed by atoms with Gasteiger partial charge in [0, 0.05) is 19.1 Å². The number of nitrogens with zero attached hydrogens (tertiary/aromatic N) is 2. The van der Waals surface area contributed by atoms with E-state index in [1.54, 1.807) is 12.1 Å². The average Bonchev–Trinajstić information content (AvgIpc) is 3.08. The number of rotatable bonds is 5. The number of carboxylic acid groups (broad SMARTS) is 1. The van der Waals surface area contributed by atoms with Gasteiger partial charge in [-0.1, -0.05) is 32.0 Å². The third-order valence-electron chi connectivity index (χ3n) is 4.87. The van der Waals surface area contributed by atoms with Gasteiger partial charge in [0.1, 0.15) is 5.71 Å². The molecule has 1 amide bonds. The Kier molecular flexibility index (Phi) is 5.56. The highest BCUT2D eigenvalue weighted by Gasteiger charge is 2.37. The quantitative estimate of drug-likeness (QED) is 0.839. The summed E-state index contributed by atoms with van der Waals surface area (Å²) in [7, 11) is 0. The average molecular weight is 359 g/mol. The number of benzene rings is 1. The Bertz CT molecular complexity index is 689. The van der Waals surface area contributed by atoms with Crippen LogP contribution >= 0.6 is 0 Å². The van der Waals surface area contributed by atoms with Crippen LogP contribution in [0.15, 0.2) is 35.4 Å². The molecule has 3 atom stereocenters. The Hall–Kier alpha value is -2.41. The number of para-hydroxylation sites is 1. The van der Waals surface area contributed by atoms with E-state index in [0.29, 0.717) is 18.2 Å². The van der Waals surface area contributed by atoms with Crippen LogP contribution in [0.4, 0.5) is 5.69 Å². The van der Waals surface area contributed by atoms with E-state index in [4.69, 9.17) is 4.74 Å². The van der Waals surface area contributed by atoms with E-state index in [1.165, 1.54) is 5.01 Å². The van der Waals surface area contributed by atoms with Crippen LogP contribution in [0, 0.1) is 5.92 Å². The van der Waals surface area contributed by atoms with Gasteiger partial charge in [0.2, 0.25) is 0 Å². The van der Waals surface area contributed by atoms with Gasteiger partial charge in [0.15, 0.2) is 6.04 Å². The summed E-state index contributed by atoms with van der Waals surface area (Å²) in [6.07, 6.45) is 1.74. The maximum atomic E-state index is 12.6. The first-order valence-corrected chi connectivity index (χ1v) is 9.02. The van der Waals surface area contributed by atoms with Gasteiger partial charge in [-0.2, -0.15) is 5.10 Å². The van der Waals surface area contributed by atoms with Crippen LogP contribution in [-0.2, 0) is 14.3 Å². The minimum atomic E-state index is -0.994. The maximum Gasteiger partial charge on any atom is 0.328 e. The molecule has 0 aromatic heterocycles. The molecule has 0 bridgehead atoms. The van der Waals surface area contributed by atoms with E-state index in [9.17, 15) is 14.7 Å². The van der Waals surface area contributed by atoms with Gasteiger partial charge in [0.25, 0.3) is 5.91 Å². The molecule has 2 heterocycles. The number of amides is 1. The van der Waals surface area contributed by atoms with Crippen LogP contribution < -0.4 is 10.3 Å². The van der Waals surface area contributed by atoms with Crippen LogP contribution in [0.2, 0.25) is 0 Å². The molecule has 7 nitrogen and oxygen atoms in total. The van der Waals surface area contributed by atoms with E-state index in [0.717, 1.165) is 12.8 Å². The Morgan fingerprint density at radius 3 is 2.69 bits per heavy atom. The Balaban J connectivity index is 1.70. The normalized spacial score (nSPS) is 25.9. The molecule has 2 aliphatic rings. The summed E-state index contributed by atoms with van der Waals surface area (Å²) < 4.78 is 5.73. The smallest absolute Gasteiger partial charge is 0.328 e. The van der Waals surface area contributed by atoms with E-state index in [2.05, 4.69) is 24.3 Å². The van der Waals surface area contributed by atoms with Crippen LogP contribution in [0.1, 0.15) is 33.1 Å². The van der Waals surface area contributed by atoms with Gasteiger partial charge in [0.05, 0.1) is 11.8 Å². The van der Waals surface area contributed by atoms with E-state index < -0.39 is 12.0 Å². The lowest BCUT2D eigenvalue weighted by Crippen LogP contribution is -2.45. The van der Waals surface area contributed by atoms with E-state index in [1.807, 2.05) is 18.2 Å². The zero-order valence-electron chi connectivity index (χ0n) is 15.1. The number of hydrogen-bond acceptors (Lipinski definition) is 5. The van der Waals surface area contributed by atoms with Crippen molar-refractivity contribution >= 4 is 23.3 Å². The first-order chi connectivity index (χ1) is 12.5. The van der Waals surface area contributed by atoms with Crippen LogP contribution in [0.3, 0.4) is 0 Å². The summed E-state index contributed by atoms with van der Waals surface area (Å²) in [6, 6.07) is 8.21. The summed E-state index contributed by atoms with van der Waals surface area (Å²) in [5.74, 6) is -0.890. The second-order valence-electron chi connectivity index (χ2n) is 7.13. The highest BCUT2D eigenvalue weighted by molar-refractivity contribution is 6.40. The summed E-state index contributed by atoms with van der Waals surface area (Å²) in [6.45, 7) is 4.82. The SMILES string of the molecule is CC(C)C1CC(NC(=O)C2=NN(c3ccccc3)C(C(=O)O)C2)CCO1. The molecule has 0 saturated carbocycles. The van der Waals surface area contributed by atoms with Crippen molar-refractivity contribution in [1.82, 2.24) is 5.32 Å². The first-order valence-electron chi connectivity index (χ1n) is 9.02. The van der Waals surface area contributed by atoms with Crippen molar-refractivity contribution < 1.29 is 19.4 Å². The predicted molar refractivity (Wildman–Crippen MR) is 98.1 cm³/mol. The summed E-state index contributed by atoms with van der Waals surface area (Å²) in [5, 5.41) is 18.2. The second kappa shape index (κ2) is 7.86. The lowest BCUT2D eigenvalue weighted by atomic mass is 9.95. The van der Waals surface area contributed by atoms with Crippen molar-refractivity contribution in [3.05, 3.63) is 30.3 Å². The molecule has 7 heteroatoms. The lowest BCUT2D eigenvalue weighted by molar-refractivity contribution is -0.138.